The van der Waals surface area contributed by atoms with E-state index in [1.54, 1.807) is 0 Å². The van der Waals surface area contributed by atoms with Crippen molar-refractivity contribution in [3.63, 3.8) is 0 Å². The SMILES string of the molecule is C=C(C=NC(C(=O)Nc1ccc(F)c([C@@]2(C)N=C(N)OCC2(F)F)n1)=C(N)N)CCOC. The molecule has 0 saturated heterocycles. The lowest BCUT2D eigenvalue weighted by atomic mass is 9.89. The van der Waals surface area contributed by atoms with Crippen molar-refractivity contribution in [2.75, 3.05) is 25.6 Å². The number of nitrogens with two attached hydrogens (primary N) is 3. The fourth-order valence-corrected chi connectivity index (χ4v) is 2.61. The quantitative estimate of drug-likeness (QED) is 0.337. The Morgan fingerprint density at radius 3 is 2.75 bits per heavy atom. The monoisotopic (exact) mass is 455 g/mol. The van der Waals surface area contributed by atoms with E-state index in [1.165, 1.54) is 13.3 Å². The van der Waals surface area contributed by atoms with E-state index in [0.29, 0.717) is 18.6 Å². The van der Waals surface area contributed by atoms with E-state index in [2.05, 4.69) is 31.6 Å². The van der Waals surface area contributed by atoms with Crippen LogP contribution < -0.4 is 22.5 Å². The molecule has 0 radical (unpaired) electrons. The standard InChI is InChI=1S/C19H24F3N7O3/c1-10(6-7-31-3)8-26-13(15(23)24)16(30)28-12-5-4-11(20)14(27-12)18(2)19(21,22)9-32-17(25)29-18/h4-5,8H,1,6-7,9,23-24H2,2-3H3,(H2,25,29)(H,27,28,30)/t18-/m1/s1. The van der Waals surface area contributed by atoms with Crippen molar-refractivity contribution < 1.29 is 27.4 Å². The van der Waals surface area contributed by atoms with E-state index >= 15 is 0 Å². The minimum absolute atomic E-state index is 0.268. The van der Waals surface area contributed by atoms with E-state index < -0.39 is 47.3 Å². The number of anilines is 1. The Hall–Kier alpha value is -3.61. The molecule has 1 aliphatic heterocycles. The molecule has 1 aromatic heterocycles. The number of amides is 1. The summed E-state index contributed by atoms with van der Waals surface area (Å²) in [6.45, 7) is 3.97. The van der Waals surface area contributed by atoms with Crippen LogP contribution in [0.15, 0.2) is 45.8 Å². The summed E-state index contributed by atoms with van der Waals surface area (Å²) in [7, 11) is 1.52. The average Bonchev–Trinajstić information content (AvgIpc) is 2.71. The van der Waals surface area contributed by atoms with Crippen molar-refractivity contribution in [1.29, 1.82) is 0 Å². The van der Waals surface area contributed by atoms with Crippen LogP contribution in [0.1, 0.15) is 19.0 Å². The number of carbonyl (C=O) groups is 1. The number of halogens is 3. The van der Waals surface area contributed by atoms with Crippen LogP contribution in [-0.4, -0.2) is 49.4 Å². The van der Waals surface area contributed by atoms with Gasteiger partial charge in [-0.15, -0.1) is 0 Å². The van der Waals surface area contributed by atoms with Crippen LogP contribution in [-0.2, 0) is 19.8 Å². The third-order valence-corrected chi connectivity index (χ3v) is 4.49. The zero-order valence-electron chi connectivity index (χ0n) is 17.5. The zero-order chi connectivity index (χ0) is 24.1. The zero-order valence-corrected chi connectivity index (χ0v) is 17.5. The number of nitrogens with one attached hydrogen (secondary N) is 1. The largest absolute Gasteiger partial charge is 0.459 e. The Bertz CT molecular complexity index is 990. The number of hydrogen-bond donors (Lipinski definition) is 4. The lowest BCUT2D eigenvalue weighted by molar-refractivity contribution is -0.118. The number of aromatic nitrogens is 1. The molecule has 32 heavy (non-hydrogen) atoms. The number of rotatable bonds is 8. The Morgan fingerprint density at radius 1 is 1.44 bits per heavy atom. The van der Waals surface area contributed by atoms with Crippen LogP contribution in [0.4, 0.5) is 19.0 Å². The maximum atomic E-state index is 14.5. The molecular weight excluding hydrogens is 431 g/mol. The normalized spacial score (nSPS) is 19.7. The summed E-state index contributed by atoms with van der Waals surface area (Å²) >= 11 is 0. The third kappa shape index (κ3) is 5.35. The molecule has 1 aromatic rings. The Labute approximate surface area is 182 Å². The highest BCUT2D eigenvalue weighted by atomic mass is 19.3. The molecule has 0 aliphatic carbocycles. The van der Waals surface area contributed by atoms with E-state index in [-0.39, 0.29) is 11.5 Å². The van der Waals surface area contributed by atoms with Crippen molar-refractivity contribution >= 4 is 24.0 Å². The lowest BCUT2D eigenvalue weighted by Gasteiger charge is -2.36. The molecule has 0 spiro atoms. The first kappa shape index (κ1) is 24.7. The van der Waals surface area contributed by atoms with Crippen molar-refractivity contribution in [2.45, 2.75) is 24.8 Å². The number of ether oxygens (including phenoxy) is 2. The highest BCUT2D eigenvalue weighted by Crippen LogP contribution is 2.43. The fourth-order valence-electron chi connectivity index (χ4n) is 2.61. The smallest absolute Gasteiger partial charge is 0.311 e. The molecule has 1 amide bonds. The fraction of sp³-hybridized carbons (Fsp3) is 0.368. The van der Waals surface area contributed by atoms with Gasteiger partial charge in [-0.3, -0.25) is 4.79 Å². The number of amidine groups is 1. The van der Waals surface area contributed by atoms with Crippen molar-refractivity contribution in [1.82, 2.24) is 4.98 Å². The molecule has 0 saturated carbocycles. The van der Waals surface area contributed by atoms with Gasteiger partial charge in [0.25, 0.3) is 11.9 Å². The van der Waals surface area contributed by atoms with E-state index in [9.17, 15) is 18.0 Å². The molecule has 2 rings (SSSR count). The van der Waals surface area contributed by atoms with Crippen LogP contribution in [0.2, 0.25) is 0 Å². The van der Waals surface area contributed by atoms with Crippen LogP contribution in [0, 0.1) is 5.82 Å². The summed E-state index contributed by atoms with van der Waals surface area (Å²) in [5, 5.41) is 2.29. The summed E-state index contributed by atoms with van der Waals surface area (Å²) in [6.07, 6.45) is 1.72. The molecule has 2 heterocycles. The summed E-state index contributed by atoms with van der Waals surface area (Å²) in [5.41, 5.74) is 13.4. The van der Waals surface area contributed by atoms with Gasteiger partial charge in [-0.05, 0) is 31.1 Å². The maximum absolute atomic E-state index is 14.5. The van der Waals surface area contributed by atoms with Gasteiger partial charge in [0.2, 0.25) is 0 Å². The number of methoxy groups -OCH3 is 1. The van der Waals surface area contributed by atoms with Gasteiger partial charge in [0.05, 0.1) is 6.61 Å². The number of nitrogens with zero attached hydrogens (tertiary/aromatic N) is 3. The van der Waals surface area contributed by atoms with Gasteiger partial charge in [-0.1, -0.05) is 6.58 Å². The molecule has 0 fully saturated rings. The van der Waals surface area contributed by atoms with Gasteiger partial charge >= 0.3 is 5.92 Å². The van der Waals surface area contributed by atoms with E-state index in [4.69, 9.17) is 21.9 Å². The van der Waals surface area contributed by atoms with Gasteiger partial charge in [0, 0.05) is 13.3 Å². The van der Waals surface area contributed by atoms with Crippen LogP contribution in [0.5, 0.6) is 0 Å². The number of hydrogen-bond acceptors (Lipinski definition) is 9. The molecule has 7 N–H and O–H groups in total. The maximum Gasteiger partial charge on any atom is 0.311 e. The molecule has 0 bridgehead atoms. The van der Waals surface area contributed by atoms with Crippen LogP contribution >= 0.6 is 0 Å². The van der Waals surface area contributed by atoms with E-state index in [0.717, 1.165) is 19.1 Å². The predicted octanol–water partition coefficient (Wildman–Crippen LogP) is 1.10. The first-order chi connectivity index (χ1) is 14.9. The number of pyridine rings is 1. The minimum atomic E-state index is -3.63. The summed E-state index contributed by atoms with van der Waals surface area (Å²) in [4.78, 5) is 23.9. The molecule has 174 valence electrons. The van der Waals surface area contributed by atoms with Gasteiger partial charge < -0.3 is 32.0 Å². The second-order valence-electron chi connectivity index (χ2n) is 6.96. The number of aliphatic imine (C=N–C) groups is 2. The summed E-state index contributed by atoms with van der Waals surface area (Å²) in [5.74, 6) is -6.30. The summed E-state index contributed by atoms with van der Waals surface area (Å²) in [6, 6.07) is 1.38. The molecule has 0 aromatic carbocycles. The number of alkyl halides is 2. The van der Waals surface area contributed by atoms with Gasteiger partial charge in [0.15, 0.2) is 17.8 Å². The molecule has 0 unspecified atom stereocenters. The van der Waals surface area contributed by atoms with Crippen LogP contribution in [0.3, 0.4) is 0 Å². The van der Waals surface area contributed by atoms with Crippen molar-refractivity contribution in [3.05, 3.63) is 47.3 Å². The molecule has 1 aliphatic rings. The summed E-state index contributed by atoms with van der Waals surface area (Å²) < 4.78 is 53.0. The first-order valence-electron chi connectivity index (χ1n) is 9.21. The first-order valence-corrected chi connectivity index (χ1v) is 9.21. The Morgan fingerprint density at radius 2 is 2.12 bits per heavy atom. The highest BCUT2D eigenvalue weighted by Gasteiger charge is 2.57. The lowest BCUT2D eigenvalue weighted by Crippen LogP contribution is -2.51. The Balaban J connectivity index is 2.33. The molecule has 13 heteroatoms. The third-order valence-electron chi connectivity index (χ3n) is 4.49. The predicted molar refractivity (Wildman–Crippen MR) is 112 cm³/mol. The molecule has 10 nitrogen and oxygen atoms in total. The minimum Gasteiger partial charge on any atom is -0.459 e. The number of carbonyl (C=O) groups excluding carboxylic acids is 1. The second-order valence-corrected chi connectivity index (χ2v) is 6.96. The molecular formula is C19H24F3N7O3. The molecule has 1 atom stereocenters. The van der Waals surface area contributed by atoms with Crippen LogP contribution in [0.25, 0.3) is 0 Å². The van der Waals surface area contributed by atoms with Gasteiger partial charge in [0.1, 0.15) is 23.1 Å². The van der Waals surface area contributed by atoms with Crippen molar-refractivity contribution in [2.24, 2.45) is 27.2 Å². The van der Waals surface area contributed by atoms with Gasteiger partial charge in [-0.25, -0.2) is 19.4 Å². The average molecular weight is 455 g/mol. The van der Waals surface area contributed by atoms with E-state index in [1.807, 2.05) is 0 Å². The highest BCUT2D eigenvalue weighted by molar-refractivity contribution is 6.04. The second kappa shape index (κ2) is 9.68. The Kier molecular flexibility index (Phi) is 7.46. The van der Waals surface area contributed by atoms with Crippen molar-refractivity contribution in [3.8, 4) is 0 Å². The van der Waals surface area contributed by atoms with Gasteiger partial charge in [-0.2, -0.15) is 8.78 Å². The topological polar surface area (TPSA) is 163 Å².